The van der Waals surface area contributed by atoms with Crippen LogP contribution in [-0.4, -0.2) is 37.6 Å². The van der Waals surface area contributed by atoms with Crippen LogP contribution in [0, 0.1) is 5.41 Å². The van der Waals surface area contributed by atoms with Crippen molar-refractivity contribution in [1.82, 2.24) is 0 Å². The third-order valence-corrected chi connectivity index (χ3v) is 5.26. The molecule has 0 aliphatic heterocycles. The minimum absolute atomic E-state index is 0.0961. The second-order valence-corrected chi connectivity index (χ2v) is 8.33. The Morgan fingerprint density at radius 3 is 2.35 bits per heavy atom. The van der Waals surface area contributed by atoms with Crippen molar-refractivity contribution >= 4 is 34.7 Å². The molecule has 3 N–H and O–H groups in total. The van der Waals surface area contributed by atoms with Gasteiger partial charge in [0.15, 0.2) is 5.78 Å². The number of rotatable bonds is 11. The SMILES string of the molecule is COc1cc(NCCC(C)(C)C(=O)O)cc(NC(C(C)=O)c2ccc(Cl)cc2OC)c1. The molecule has 0 spiro atoms. The van der Waals surface area contributed by atoms with Crippen LogP contribution in [0.4, 0.5) is 11.4 Å². The number of ketones is 1. The van der Waals surface area contributed by atoms with E-state index in [0.29, 0.717) is 40.7 Å². The van der Waals surface area contributed by atoms with E-state index >= 15 is 0 Å². The second kappa shape index (κ2) is 10.4. The van der Waals surface area contributed by atoms with Crippen molar-refractivity contribution in [3.05, 3.63) is 47.0 Å². The average Bonchev–Trinajstić information content (AvgIpc) is 2.71. The first-order valence-corrected chi connectivity index (χ1v) is 10.2. The summed E-state index contributed by atoms with van der Waals surface area (Å²) in [5, 5.41) is 16.3. The largest absolute Gasteiger partial charge is 0.497 e. The van der Waals surface area contributed by atoms with E-state index in [0.717, 1.165) is 5.69 Å². The number of carbonyl (C=O) groups is 2. The fraction of sp³-hybridized carbons (Fsp3) is 0.391. The summed E-state index contributed by atoms with van der Waals surface area (Å²) in [6.07, 6.45) is 0.445. The number of anilines is 2. The Balaban J connectivity index is 2.27. The van der Waals surface area contributed by atoms with Gasteiger partial charge in [0.1, 0.15) is 17.5 Å². The summed E-state index contributed by atoms with van der Waals surface area (Å²) in [4.78, 5) is 23.7. The number of methoxy groups -OCH3 is 2. The highest BCUT2D eigenvalue weighted by atomic mass is 35.5. The van der Waals surface area contributed by atoms with Gasteiger partial charge in [-0.05, 0) is 45.4 Å². The predicted molar refractivity (Wildman–Crippen MR) is 123 cm³/mol. The Bertz CT molecular complexity index is 946. The van der Waals surface area contributed by atoms with E-state index in [-0.39, 0.29) is 5.78 Å². The highest BCUT2D eigenvalue weighted by Gasteiger charge is 2.26. The van der Waals surface area contributed by atoms with Crippen LogP contribution in [0.3, 0.4) is 0 Å². The van der Waals surface area contributed by atoms with Crippen LogP contribution in [0.2, 0.25) is 5.02 Å². The van der Waals surface area contributed by atoms with Gasteiger partial charge in [-0.1, -0.05) is 17.7 Å². The summed E-state index contributed by atoms with van der Waals surface area (Å²) < 4.78 is 10.8. The Morgan fingerprint density at radius 2 is 1.77 bits per heavy atom. The molecule has 168 valence electrons. The quantitative estimate of drug-likeness (QED) is 0.444. The van der Waals surface area contributed by atoms with Gasteiger partial charge in [0.05, 0.1) is 19.6 Å². The van der Waals surface area contributed by atoms with Gasteiger partial charge in [-0.15, -0.1) is 0 Å². The van der Waals surface area contributed by atoms with E-state index in [1.54, 1.807) is 45.2 Å². The molecule has 0 saturated carbocycles. The third-order valence-electron chi connectivity index (χ3n) is 5.02. The monoisotopic (exact) mass is 448 g/mol. The summed E-state index contributed by atoms with van der Waals surface area (Å²) >= 11 is 6.05. The number of nitrogens with one attached hydrogen (secondary N) is 2. The van der Waals surface area contributed by atoms with Crippen molar-refractivity contribution < 1.29 is 24.2 Å². The van der Waals surface area contributed by atoms with Crippen LogP contribution in [0.5, 0.6) is 11.5 Å². The first kappa shape index (κ1) is 24.3. The lowest BCUT2D eigenvalue weighted by Crippen LogP contribution is -2.26. The molecule has 1 atom stereocenters. The smallest absolute Gasteiger partial charge is 0.309 e. The van der Waals surface area contributed by atoms with Gasteiger partial charge in [-0.2, -0.15) is 0 Å². The molecule has 7 nitrogen and oxygen atoms in total. The number of aliphatic carboxylic acids is 1. The number of hydrogen-bond donors (Lipinski definition) is 3. The van der Waals surface area contributed by atoms with E-state index in [9.17, 15) is 14.7 Å². The first-order valence-electron chi connectivity index (χ1n) is 9.84. The minimum Gasteiger partial charge on any atom is -0.497 e. The highest BCUT2D eigenvalue weighted by Crippen LogP contribution is 2.33. The van der Waals surface area contributed by atoms with E-state index in [2.05, 4.69) is 10.6 Å². The van der Waals surface area contributed by atoms with Crippen LogP contribution < -0.4 is 20.1 Å². The fourth-order valence-electron chi connectivity index (χ4n) is 3.02. The molecule has 2 rings (SSSR count). The average molecular weight is 449 g/mol. The minimum atomic E-state index is -0.844. The zero-order valence-electron chi connectivity index (χ0n) is 18.4. The van der Waals surface area contributed by atoms with Gasteiger partial charge in [0.2, 0.25) is 0 Å². The molecule has 1 unspecified atom stereocenters. The lowest BCUT2D eigenvalue weighted by atomic mass is 9.90. The fourth-order valence-corrected chi connectivity index (χ4v) is 3.18. The lowest BCUT2D eigenvalue weighted by Gasteiger charge is -2.22. The number of halogens is 1. The molecule has 0 heterocycles. The molecule has 31 heavy (non-hydrogen) atoms. The maximum Gasteiger partial charge on any atom is 0.309 e. The number of hydrogen-bond acceptors (Lipinski definition) is 6. The molecule has 0 bridgehead atoms. The molecule has 0 aromatic heterocycles. The van der Waals surface area contributed by atoms with Crippen molar-refractivity contribution in [2.24, 2.45) is 5.41 Å². The highest BCUT2D eigenvalue weighted by molar-refractivity contribution is 6.30. The van der Waals surface area contributed by atoms with Gasteiger partial charge in [-0.3, -0.25) is 9.59 Å². The molecule has 2 aromatic rings. The van der Waals surface area contributed by atoms with E-state index in [1.807, 2.05) is 12.1 Å². The number of carboxylic acid groups (broad SMARTS) is 1. The summed E-state index contributed by atoms with van der Waals surface area (Å²) in [5.41, 5.74) is 1.24. The zero-order valence-corrected chi connectivity index (χ0v) is 19.2. The summed E-state index contributed by atoms with van der Waals surface area (Å²) in [6.45, 7) is 5.34. The van der Waals surface area contributed by atoms with Crippen molar-refractivity contribution in [2.45, 2.75) is 33.2 Å². The molecular weight excluding hydrogens is 420 g/mol. The number of benzene rings is 2. The third kappa shape index (κ3) is 6.52. The van der Waals surface area contributed by atoms with Crippen molar-refractivity contribution in [3.63, 3.8) is 0 Å². The Kier molecular flexibility index (Phi) is 8.16. The molecule has 0 radical (unpaired) electrons. The molecule has 2 aromatic carbocycles. The second-order valence-electron chi connectivity index (χ2n) is 7.89. The molecular formula is C23H29ClN2O5. The number of Topliss-reactive ketones (excluding diaryl/α,β-unsaturated/α-hetero) is 1. The molecule has 8 heteroatoms. The molecule has 0 saturated heterocycles. The van der Waals surface area contributed by atoms with E-state index in [4.69, 9.17) is 21.1 Å². The van der Waals surface area contributed by atoms with Crippen molar-refractivity contribution in [1.29, 1.82) is 0 Å². The number of carbonyl (C=O) groups excluding carboxylic acids is 1. The molecule has 0 fully saturated rings. The lowest BCUT2D eigenvalue weighted by molar-refractivity contribution is -0.147. The van der Waals surface area contributed by atoms with Crippen LogP contribution >= 0.6 is 11.6 Å². The summed E-state index contributed by atoms with van der Waals surface area (Å²) in [7, 11) is 3.08. The van der Waals surface area contributed by atoms with Crippen LogP contribution in [0.25, 0.3) is 0 Å². The standard InChI is InChI=1S/C23H29ClN2O5/c1-14(27)21(19-7-6-15(24)10-20(19)31-5)26-17-11-16(12-18(13-17)30-4)25-9-8-23(2,3)22(28)29/h6-7,10-13,21,25-26H,8-9H2,1-5H3,(H,28,29). The first-order chi connectivity index (χ1) is 14.6. The Hall–Kier alpha value is -2.93. The van der Waals surface area contributed by atoms with Gasteiger partial charge >= 0.3 is 5.97 Å². The van der Waals surface area contributed by atoms with Crippen molar-refractivity contribution in [3.8, 4) is 11.5 Å². The molecule has 0 amide bonds. The summed E-state index contributed by atoms with van der Waals surface area (Å²) in [5.74, 6) is 0.164. The zero-order chi connectivity index (χ0) is 23.2. The Morgan fingerprint density at radius 1 is 1.10 bits per heavy atom. The topological polar surface area (TPSA) is 96.9 Å². The number of carboxylic acids is 1. The van der Waals surface area contributed by atoms with E-state index in [1.165, 1.54) is 14.0 Å². The molecule has 0 aliphatic rings. The number of ether oxygens (including phenoxy) is 2. The summed E-state index contributed by atoms with van der Waals surface area (Å²) in [6, 6.07) is 9.91. The van der Waals surface area contributed by atoms with Gasteiger partial charge in [0, 0.05) is 40.6 Å². The van der Waals surface area contributed by atoms with Gasteiger partial charge in [0.25, 0.3) is 0 Å². The van der Waals surface area contributed by atoms with E-state index < -0.39 is 17.4 Å². The molecule has 0 aliphatic carbocycles. The van der Waals surface area contributed by atoms with Gasteiger partial charge in [-0.25, -0.2) is 0 Å². The van der Waals surface area contributed by atoms with Crippen LogP contribution in [0.15, 0.2) is 36.4 Å². The maximum absolute atomic E-state index is 12.4. The predicted octanol–water partition coefficient (Wildman–Crippen LogP) is 5.01. The Labute approximate surface area is 187 Å². The van der Waals surface area contributed by atoms with Crippen LogP contribution in [-0.2, 0) is 9.59 Å². The maximum atomic E-state index is 12.4. The van der Waals surface area contributed by atoms with Crippen molar-refractivity contribution in [2.75, 3.05) is 31.4 Å². The normalized spacial score (nSPS) is 12.1. The van der Waals surface area contributed by atoms with Gasteiger partial charge < -0.3 is 25.2 Å². The van der Waals surface area contributed by atoms with Crippen LogP contribution in [0.1, 0.15) is 38.8 Å².